The lowest BCUT2D eigenvalue weighted by molar-refractivity contribution is 0.255. The molecule has 1 rings (SSSR count). The number of amides is 2. The van der Waals surface area contributed by atoms with Gasteiger partial charge in [-0.25, -0.2) is 4.79 Å². The van der Waals surface area contributed by atoms with Gasteiger partial charge in [0.05, 0.1) is 0 Å². The third-order valence-corrected chi connectivity index (χ3v) is 2.28. The number of carbonyl (C=O) groups is 1. The van der Waals surface area contributed by atoms with Crippen LogP contribution in [0.15, 0.2) is 24.3 Å². The zero-order valence-corrected chi connectivity index (χ0v) is 8.81. The number of benzene rings is 1. The van der Waals surface area contributed by atoms with Crippen molar-refractivity contribution in [2.45, 2.75) is 12.8 Å². The summed E-state index contributed by atoms with van der Waals surface area (Å²) in [6.07, 6.45) is 1.60. The number of rotatable bonds is 4. The highest BCUT2D eigenvalue weighted by molar-refractivity contribution is 5.89. The molecule has 0 saturated carbocycles. The number of aliphatic hydroxyl groups is 1. The first-order valence-corrected chi connectivity index (χ1v) is 4.88. The van der Waals surface area contributed by atoms with Gasteiger partial charge in [-0.15, -0.1) is 0 Å². The van der Waals surface area contributed by atoms with Crippen LogP contribution in [0.5, 0.6) is 0 Å². The molecule has 0 spiro atoms. The molecule has 4 nitrogen and oxygen atoms in total. The number of carbonyl (C=O) groups excluding carboxylic acids is 1. The number of aryl methyl sites for hydroxylation is 1. The van der Waals surface area contributed by atoms with Gasteiger partial charge in [-0.2, -0.15) is 0 Å². The van der Waals surface area contributed by atoms with E-state index in [-0.39, 0.29) is 6.61 Å². The molecule has 0 unspecified atom stereocenters. The van der Waals surface area contributed by atoms with E-state index < -0.39 is 6.03 Å². The minimum atomic E-state index is -0.474. The van der Waals surface area contributed by atoms with Crippen LogP contribution < -0.4 is 10.6 Å². The first-order valence-electron chi connectivity index (χ1n) is 4.88. The Morgan fingerprint density at radius 1 is 1.40 bits per heavy atom. The van der Waals surface area contributed by atoms with E-state index in [9.17, 15) is 4.79 Å². The topological polar surface area (TPSA) is 66.6 Å². The smallest absolute Gasteiger partial charge is 0.318 e. The van der Waals surface area contributed by atoms with Crippen LogP contribution in [0.2, 0.25) is 0 Å². The highest BCUT2D eigenvalue weighted by Crippen LogP contribution is 2.14. The van der Waals surface area contributed by atoms with E-state index in [0.717, 1.165) is 24.1 Å². The summed E-state index contributed by atoms with van der Waals surface area (Å²) < 4.78 is 0. The third kappa shape index (κ3) is 3.25. The zero-order chi connectivity index (χ0) is 11.3. The van der Waals surface area contributed by atoms with E-state index in [1.54, 1.807) is 7.05 Å². The number of anilines is 1. The Morgan fingerprint density at radius 3 is 2.47 bits per heavy atom. The summed E-state index contributed by atoms with van der Waals surface area (Å²) in [7, 11) is 1.63. The molecule has 82 valence electrons. The molecule has 0 atom stereocenters. The van der Waals surface area contributed by atoms with Crippen molar-refractivity contribution in [2.24, 2.45) is 5.73 Å². The fraction of sp³-hybridized carbons (Fsp3) is 0.364. The quantitative estimate of drug-likeness (QED) is 0.778. The summed E-state index contributed by atoms with van der Waals surface area (Å²) in [5.41, 5.74) is 7.06. The number of hydrogen-bond donors (Lipinski definition) is 2. The second-order valence-corrected chi connectivity index (χ2v) is 3.39. The predicted molar refractivity (Wildman–Crippen MR) is 59.8 cm³/mol. The van der Waals surface area contributed by atoms with Crippen LogP contribution in [0.4, 0.5) is 10.5 Å². The Hall–Kier alpha value is -1.55. The van der Waals surface area contributed by atoms with Gasteiger partial charge >= 0.3 is 6.03 Å². The molecule has 0 aliphatic carbocycles. The Morgan fingerprint density at radius 2 is 2.00 bits per heavy atom. The Labute approximate surface area is 89.3 Å². The van der Waals surface area contributed by atoms with E-state index >= 15 is 0 Å². The van der Waals surface area contributed by atoms with Crippen LogP contribution >= 0.6 is 0 Å². The molecule has 4 heteroatoms. The molecule has 0 saturated heterocycles. The van der Waals surface area contributed by atoms with Gasteiger partial charge in [0.1, 0.15) is 0 Å². The Kier molecular flexibility index (Phi) is 4.12. The molecule has 2 amide bonds. The number of nitrogens with zero attached hydrogens (tertiary/aromatic N) is 1. The van der Waals surface area contributed by atoms with Gasteiger partial charge in [-0.3, -0.25) is 4.90 Å². The van der Waals surface area contributed by atoms with Crippen molar-refractivity contribution in [1.29, 1.82) is 0 Å². The van der Waals surface area contributed by atoms with Gasteiger partial charge in [0.2, 0.25) is 0 Å². The largest absolute Gasteiger partial charge is 0.396 e. The summed E-state index contributed by atoms with van der Waals surface area (Å²) in [5, 5.41) is 8.67. The fourth-order valence-electron chi connectivity index (χ4n) is 1.30. The molecular weight excluding hydrogens is 192 g/mol. The summed E-state index contributed by atoms with van der Waals surface area (Å²) >= 11 is 0. The van der Waals surface area contributed by atoms with Gasteiger partial charge < -0.3 is 10.8 Å². The van der Waals surface area contributed by atoms with Crippen LogP contribution in [-0.2, 0) is 6.42 Å². The minimum absolute atomic E-state index is 0.197. The Balaban J connectivity index is 2.67. The number of aliphatic hydroxyl groups excluding tert-OH is 1. The van der Waals surface area contributed by atoms with Gasteiger partial charge in [0, 0.05) is 19.3 Å². The molecule has 1 aromatic rings. The minimum Gasteiger partial charge on any atom is -0.396 e. The first kappa shape index (κ1) is 11.5. The van der Waals surface area contributed by atoms with Gasteiger partial charge in [0.25, 0.3) is 0 Å². The molecule has 15 heavy (non-hydrogen) atoms. The van der Waals surface area contributed by atoms with E-state index in [1.165, 1.54) is 4.90 Å². The molecule has 0 aliphatic rings. The molecule has 0 aliphatic heterocycles. The van der Waals surface area contributed by atoms with E-state index in [1.807, 2.05) is 24.3 Å². The average molecular weight is 208 g/mol. The number of urea groups is 1. The standard InChI is InChI=1S/C11H16N2O2/c1-13(11(12)15)10-6-4-9(5-7-10)3-2-8-14/h4-7,14H,2-3,8H2,1H3,(H2,12,15). The second kappa shape index (κ2) is 5.36. The van der Waals surface area contributed by atoms with Crippen molar-refractivity contribution in [3.63, 3.8) is 0 Å². The zero-order valence-electron chi connectivity index (χ0n) is 8.81. The van der Waals surface area contributed by atoms with Crippen molar-refractivity contribution in [3.8, 4) is 0 Å². The summed E-state index contributed by atoms with van der Waals surface area (Å²) in [5.74, 6) is 0. The normalized spacial score (nSPS) is 10.0. The van der Waals surface area contributed by atoms with Crippen LogP contribution in [0, 0.1) is 0 Å². The lowest BCUT2D eigenvalue weighted by Gasteiger charge is -2.14. The lowest BCUT2D eigenvalue weighted by atomic mass is 10.1. The van der Waals surface area contributed by atoms with E-state index in [2.05, 4.69) is 0 Å². The van der Waals surface area contributed by atoms with E-state index in [0.29, 0.717) is 0 Å². The van der Waals surface area contributed by atoms with Crippen molar-refractivity contribution in [3.05, 3.63) is 29.8 Å². The highest BCUT2D eigenvalue weighted by atomic mass is 16.2. The maximum absolute atomic E-state index is 10.9. The first-order chi connectivity index (χ1) is 7.15. The fourth-order valence-corrected chi connectivity index (χ4v) is 1.30. The number of hydrogen-bond acceptors (Lipinski definition) is 2. The van der Waals surface area contributed by atoms with E-state index in [4.69, 9.17) is 10.8 Å². The SMILES string of the molecule is CN(C(N)=O)c1ccc(CCCO)cc1. The Bertz CT molecular complexity index is 322. The monoisotopic (exact) mass is 208 g/mol. The van der Waals surface area contributed by atoms with Crippen molar-refractivity contribution >= 4 is 11.7 Å². The molecule has 0 heterocycles. The highest BCUT2D eigenvalue weighted by Gasteiger charge is 2.05. The maximum atomic E-state index is 10.9. The maximum Gasteiger partial charge on any atom is 0.318 e. The van der Waals surface area contributed by atoms with Gasteiger partial charge in [0.15, 0.2) is 0 Å². The molecular formula is C11H16N2O2. The van der Waals surface area contributed by atoms with Crippen molar-refractivity contribution in [2.75, 3.05) is 18.6 Å². The molecule has 1 aromatic carbocycles. The third-order valence-electron chi connectivity index (χ3n) is 2.28. The van der Waals surface area contributed by atoms with Crippen molar-refractivity contribution in [1.82, 2.24) is 0 Å². The number of primary amides is 1. The summed E-state index contributed by atoms with van der Waals surface area (Å²) in [6.45, 7) is 0.197. The molecule has 0 radical (unpaired) electrons. The van der Waals surface area contributed by atoms with Gasteiger partial charge in [-0.05, 0) is 30.5 Å². The summed E-state index contributed by atoms with van der Waals surface area (Å²) in [4.78, 5) is 12.3. The molecule has 0 aromatic heterocycles. The molecule has 0 bridgehead atoms. The van der Waals surface area contributed by atoms with Crippen LogP contribution in [0.25, 0.3) is 0 Å². The molecule has 3 N–H and O–H groups in total. The molecule has 0 fully saturated rings. The predicted octanol–water partition coefficient (Wildman–Crippen LogP) is 1.13. The van der Waals surface area contributed by atoms with Crippen LogP contribution in [-0.4, -0.2) is 24.8 Å². The lowest BCUT2D eigenvalue weighted by Crippen LogP contribution is -2.31. The number of nitrogens with two attached hydrogens (primary N) is 1. The van der Waals surface area contributed by atoms with Crippen LogP contribution in [0.1, 0.15) is 12.0 Å². The average Bonchev–Trinajstić information content (AvgIpc) is 2.26. The van der Waals surface area contributed by atoms with Crippen molar-refractivity contribution < 1.29 is 9.90 Å². The van der Waals surface area contributed by atoms with Crippen LogP contribution in [0.3, 0.4) is 0 Å². The second-order valence-electron chi connectivity index (χ2n) is 3.39. The van der Waals surface area contributed by atoms with Gasteiger partial charge in [-0.1, -0.05) is 12.1 Å². The summed E-state index contributed by atoms with van der Waals surface area (Å²) in [6, 6.07) is 7.09.